The number of fused-ring (bicyclic) bond motifs is 1. The first kappa shape index (κ1) is 24.6. The predicted molar refractivity (Wildman–Crippen MR) is 128 cm³/mol. The molecule has 1 aliphatic heterocycles. The molecule has 4 rings (SSSR count). The molecule has 0 spiro atoms. The molecule has 0 bridgehead atoms. The molecule has 0 radical (unpaired) electrons. The largest absolute Gasteiger partial charge is 0.454 e. The first-order valence-electron chi connectivity index (χ1n) is 10.9. The SMILES string of the molecule is CN(C)C(CNC(=O)c1cccc(S(=O)(=O)NCc2ccc3c(c2)OCO3)c1)c1cccc(F)c1. The van der Waals surface area contributed by atoms with Gasteiger partial charge in [0.1, 0.15) is 5.82 Å². The van der Waals surface area contributed by atoms with Crippen LogP contribution in [0.15, 0.2) is 71.6 Å². The number of nitrogens with zero attached hydrogens (tertiary/aromatic N) is 1. The van der Waals surface area contributed by atoms with Crippen LogP contribution >= 0.6 is 0 Å². The van der Waals surface area contributed by atoms with Crippen molar-refractivity contribution in [2.24, 2.45) is 0 Å². The lowest BCUT2D eigenvalue weighted by atomic mass is 10.1. The molecule has 184 valence electrons. The van der Waals surface area contributed by atoms with Crippen molar-refractivity contribution in [2.45, 2.75) is 17.5 Å². The van der Waals surface area contributed by atoms with Gasteiger partial charge in [-0.15, -0.1) is 0 Å². The number of benzene rings is 3. The highest BCUT2D eigenvalue weighted by Crippen LogP contribution is 2.32. The molecule has 3 aromatic rings. The number of likely N-dealkylation sites (N-methyl/N-ethyl adjacent to an activating group) is 1. The zero-order chi connectivity index (χ0) is 25.0. The Hall–Kier alpha value is -3.47. The average Bonchev–Trinajstić information content (AvgIpc) is 3.31. The third-order valence-corrected chi connectivity index (χ3v) is 7.02. The van der Waals surface area contributed by atoms with E-state index in [1.165, 1.54) is 30.3 Å². The molecule has 10 heteroatoms. The van der Waals surface area contributed by atoms with Crippen LogP contribution in [0.5, 0.6) is 11.5 Å². The Morgan fingerprint density at radius 2 is 1.80 bits per heavy atom. The van der Waals surface area contributed by atoms with E-state index in [1.807, 2.05) is 19.0 Å². The van der Waals surface area contributed by atoms with Crippen LogP contribution in [0.3, 0.4) is 0 Å². The van der Waals surface area contributed by atoms with Crippen molar-refractivity contribution in [3.63, 3.8) is 0 Å². The van der Waals surface area contributed by atoms with Gasteiger partial charge in [0.2, 0.25) is 16.8 Å². The topological polar surface area (TPSA) is 97.0 Å². The fourth-order valence-corrected chi connectivity index (χ4v) is 4.78. The van der Waals surface area contributed by atoms with Gasteiger partial charge in [0, 0.05) is 18.7 Å². The number of amides is 1. The van der Waals surface area contributed by atoms with Gasteiger partial charge in [0.15, 0.2) is 11.5 Å². The van der Waals surface area contributed by atoms with E-state index < -0.39 is 15.9 Å². The quantitative estimate of drug-likeness (QED) is 0.470. The summed E-state index contributed by atoms with van der Waals surface area (Å²) in [4.78, 5) is 14.6. The van der Waals surface area contributed by atoms with Crippen LogP contribution in [0, 0.1) is 5.82 Å². The second-order valence-electron chi connectivity index (χ2n) is 8.28. The Balaban J connectivity index is 1.42. The zero-order valence-electron chi connectivity index (χ0n) is 19.3. The second kappa shape index (κ2) is 10.4. The molecule has 35 heavy (non-hydrogen) atoms. The van der Waals surface area contributed by atoms with Gasteiger partial charge in [0.05, 0.1) is 10.9 Å². The summed E-state index contributed by atoms with van der Waals surface area (Å²) in [7, 11) is -0.205. The van der Waals surface area contributed by atoms with Gasteiger partial charge in [0.25, 0.3) is 5.91 Å². The highest BCUT2D eigenvalue weighted by atomic mass is 32.2. The molecule has 1 amide bonds. The molecule has 0 saturated heterocycles. The Kier molecular flexibility index (Phi) is 7.34. The minimum Gasteiger partial charge on any atom is -0.454 e. The number of nitrogens with one attached hydrogen (secondary N) is 2. The molecule has 8 nitrogen and oxygen atoms in total. The molecule has 0 fully saturated rings. The van der Waals surface area contributed by atoms with Crippen molar-refractivity contribution < 1.29 is 27.1 Å². The maximum Gasteiger partial charge on any atom is 0.251 e. The van der Waals surface area contributed by atoms with Gasteiger partial charge in [-0.2, -0.15) is 0 Å². The van der Waals surface area contributed by atoms with Crippen molar-refractivity contribution >= 4 is 15.9 Å². The van der Waals surface area contributed by atoms with Crippen LogP contribution in [0.2, 0.25) is 0 Å². The maximum atomic E-state index is 13.7. The van der Waals surface area contributed by atoms with Crippen molar-refractivity contribution in [3.8, 4) is 11.5 Å². The Labute approximate surface area is 203 Å². The van der Waals surface area contributed by atoms with Crippen LogP contribution in [-0.4, -0.2) is 46.7 Å². The summed E-state index contributed by atoms with van der Waals surface area (Å²) in [6.45, 7) is 0.402. The lowest BCUT2D eigenvalue weighted by molar-refractivity contribution is 0.0941. The number of carbonyl (C=O) groups is 1. The number of ether oxygens (including phenoxy) is 2. The van der Waals surface area contributed by atoms with Crippen LogP contribution in [0.4, 0.5) is 4.39 Å². The summed E-state index contributed by atoms with van der Waals surface area (Å²) in [5, 5.41) is 2.81. The summed E-state index contributed by atoms with van der Waals surface area (Å²) in [6, 6.07) is 16.9. The molecule has 1 unspecified atom stereocenters. The number of hydrogen-bond donors (Lipinski definition) is 2. The van der Waals surface area contributed by atoms with Crippen molar-refractivity contribution in [1.29, 1.82) is 0 Å². The van der Waals surface area contributed by atoms with E-state index in [1.54, 1.807) is 36.4 Å². The van der Waals surface area contributed by atoms with E-state index in [0.29, 0.717) is 17.1 Å². The lowest BCUT2D eigenvalue weighted by Gasteiger charge is -2.25. The van der Waals surface area contributed by atoms with Gasteiger partial charge in [-0.05, 0) is 67.7 Å². The standard InChI is InChI=1S/C25H26FN3O5S/c1-29(2)22(18-5-3-7-20(26)12-18)15-27-25(30)19-6-4-8-21(13-19)35(31,32)28-14-17-9-10-23-24(11-17)34-16-33-23/h3-13,22,28H,14-16H2,1-2H3,(H,27,30). The normalized spacial score (nSPS) is 13.6. The maximum absolute atomic E-state index is 13.7. The number of halogens is 1. The molecular weight excluding hydrogens is 473 g/mol. The fourth-order valence-electron chi connectivity index (χ4n) is 3.72. The zero-order valence-corrected chi connectivity index (χ0v) is 20.1. The lowest BCUT2D eigenvalue weighted by Crippen LogP contribution is -2.34. The first-order valence-corrected chi connectivity index (χ1v) is 12.4. The summed E-state index contributed by atoms with van der Waals surface area (Å²) < 4.78 is 52.5. The van der Waals surface area contributed by atoms with Crippen LogP contribution < -0.4 is 19.5 Å². The fraction of sp³-hybridized carbons (Fsp3) is 0.240. The molecule has 0 saturated carbocycles. The Morgan fingerprint density at radius 1 is 1.03 bits per heavy atom. The number of rotatable bonds is 9. The highest BCUT2D eigenvalue weighted by Gasteiger charge is 2.20. The van der Waals surface area contributed by atoms with Crippen molar-refractivity contribution in [2.75, 3.05) is 27.4 Å². The van der Waals surface area contributed by atoms with Gasteiger partial charge < -0.3 is 19.7 Å². The van der Waals surface area contributed by atoms with Crippen LogP contribution in [-0.2, 0) is 16.6 Å². The Bertz CT molecular complexity index is 1330. The van der Waals surface area contributed by atoms with Crippen LogP contribution in [0.1, 0.15) is 27.5 Å². The van der Waals surface area contributed by atoms with E-state index >= 15 is 0 Å². The third-order valence-electron chi connectivity index (χ3n) is 5.62. The van der Waals surface area contributed by atoms with E-state index in [2.05, 4.69) is 10.0 Å². The smallest absolute Gasteiger partial charge is 0.251 e. The molecule has 1 aliphatic rings. The van der Waals surface area contributed by atoms with Crippen LogP contribution in [0.25, 0.3) is 0 Å². The predicted octanol–water partition coefficient (Wildman–Crippen LogP) is 3.07. The molecule has 3 aromatic carbocycles. The number of hydrogen-bond acceptors (Lipinski definition) is 6. The van der Waals surface area contributed by atoms with Gasteiger partial charge in [-0.25, -0.2) is 17.5 Å². The molecule has 0 aliphatic carbocycles. The molecule has 0 aromatic heterocycles. The summed E-state index contributed by atoms with van der Waals surface area (Å²) >= 11 is 0. The minimum absolute atomic E-state index is 0.0276. The first-order chi connectivity index (χ1) is 16.7. The highest BCUT2D eigenvalue weighted by molar-refractivity contribution is 7.89. The van der Waals surface area contributed by atoms with E-state index in [0.717, 1.165) is 5.56 Å². The summed E-state index contributed by atoms with van der Waals surface area (Å²) in [6.07, 6.45) is 0. The van der Waals surface area contributed by atoms with Gasteiger partial charge >= 0.3 is 0 Å². The second-order valence-corrected chi connectivity index (χ2v) is 10.1. The summed E-state index contributed by atoms with van der Waals surface area (Å²) in [5.74, 6) is 0.395. The molecular formula is C25H26FN3O5S. The van der Waals surface area contributed by atoms with E-state index in [-0.39, 0.29) is 42.2 Å². The average molecular weight is 500 g/mol. The Morgan fingerprint density at radius 3 is 2.57 bits per heavy atom. The minimum atomic E-state index is -3.87. The van der Waals surface area contributed by atoms with Crippen molar-refractivity contribution in [1.82, 2.24) is 14.9 Å². The molecule has 1 atom stereocenters. The van der Waals surface area contributed by atoms with Gasteiger partial charge in [-0.1, -0.05) is 24.3 Å². The van der Waals surface area contributed by atoms with Crippen molar-refractivity contribution in [3.05, 3.63) is 89.2 Å². The summed E-state index contributed by atoms with van der Waals surface area (Å²) in [5.41, 5.74) is 1.63. The third kappa shape index (κ3) is 5.97. The monoisotopic (exact) mass is 499 g/mol. The number of carbonyl (C=O) groups excluding carboxylic acids is 1. The van der Waals surface area contributed by atoms with E-state index in [9.17, 15) is 17.6 Å². The van der Waals surface area contributed by atoms with Gasteiger partial charge in [-0.3, -0.25) is 4.79 Å². The molecule has 1 heterocycles. The number of sulfonamides is 1. The molecule has 2 N–H and O–H groups in total. The van der Waals surface area contributed by atoms with E-state index in [4.69, 9.17) is 9.47 Å².